The van der Waals surface area contributed by atoms with E-state index in [0.717, 1.165) is 25.9 Å². The van der Waals surface area contributed by atoms with Gasteiger partial charge in [0.15, 0.2) is 9.84 Å². The first-order chi connectivity index (χ1) is 16.0. The minimum absolute atomic E-state index is 0.0715. The van der Waals surface area contributed by atoms with Gasteiger partial charge in [-0.2, -0.15) is 0 Å². The summed E-state index contributed by atoms with van der Waals surface area (Å²) in [6, 6.07) is 22.2. The fraction of sp³-hybridized carbons (Fsp3) is 0.269. The van der Waals surface area contributed by atoms with Crippen molar-refractivity contribution in [3.63, 3.8) is 0 Å². The van der Waals surface area contributed by atoms with Crippen molar-refractivity contribution < 1.29 is 22.7 Å². The number of carbonyl (C=O) groups is 1. The Bertz CT molecular complexity index is 1170. The van der Waals surface area contributed by atoms with Crippen molar-refractivity contribution in [1.29, 1.82) is 0 Å². The molecule has 33 heavy (non-hydrogen) atoms. The number of anilines is 1. The Labute approximate surface area is 194 Å². The summed E-state index contributed by atoms with van der Waals surface area (Å²) >= 11 is 0. The van der Waals surface area contributed by atoms with Gasteiger partial charge in [0.05, 0.1) is 22.4 Å². The minimum Gasteiger partial charge on any atom is -0.489 e. The number of benzene rings is 3. The van der Waals surface area contributed by atoms with Crippen LogP contribution in [0.15, 0.2) is 83.8 Å². The van der Waals surface area contributed by atoms with Gasteiger partial charge in [-0.15, -0.1) is 0 Å². The summed E-state index contributed by atoms with van der Waals surface area (Å²) in [6.07, 6.45) is 3.26. The number of amides is 1. The Hall–Kier alpha value is -3.16. The maximum absolute atomic E-state index is 12.8. The van der Waals surface area contributed by atoms with Gasteiger partial charge >= 0.3 is 0 Å². The zero-order chi connectivity index (χ0) is 23.1. The lowest BCUT2D eigenvalue weighted by Gasteiger charge is -2.23. The molecule has 1 saturated heterocycles. The van der Waals surface area contributed by atoms with Crippen LogP contribution in [0.4, 0.5) is 5.69 Å². The molecule has 1 atom stereocenters. The second-order valence-corrected chi connectivity index (χ2v) is 10.0. The number of rotatable bonds is 8. The predicted octanol–water partition coefficient (Wildman–Crippen LogP) is 4.86. The summed E-state index contributed by atoms with van der Waals surface area (Å²) in [6.45, 7) is 1.20. The van der Waals surface area contributed by atoms with Crippen LogP contribution in [0, 0.1) is 0 Å². The first-order valence-corrected chi connectivity index (χ1v) is 12.7. The highest BCUT2D eigenvalue weighted by Crippen LogP contribution is 2.26. The Morgan fingerprint density at radius 3 is 2.39 bits per heavy atom. The van der Waals surface area contributed by atoms with Crippen molar-refractivity contribution in [2.24, 2.45) is 0 Å². The molecule has 1 aliphatic rings. The number of carbonyl (C=O) groups excluding carboxylic acids is 1. The summed E-state index contributed by atoms with van der Waals surface area (Å²) in [5.74, 6) is 0.168. The molecule has 1 fully saturated rings. The standard InChI is InChI=1S/C26H27NO5S/c28-26(27-24-11-4-5-12-25(24)32-18-22-8-6-7-17-31-22)21-15-13-20(14-16-21)19-33(29,30)23-9-2-1-3-10-23/h1-5,9-16,22H,6-8,17-19H2,(H,27,28). The first kappa shape index (κ1) is 23.0. The Morgan fingerprint density at radius 2 is 1.67 bits per heavy atom. The van der Waals surface area contributed by atoms with Crippen LogP contribution in [-0.2, 0) is 20.3 Å². The van der Waals surface area contributed by atoms with Crippen LogP contribution in [0.1, 0.15) is 35.2 Å². The highest BCUT2D eigenvalue weighted by molar-refractivity contribution is 7.90. The smallest absolute Gasteiger partial charge is 0.255 e. The Balaban J connectivity index is 1.39. The lowest BCUT2D eigenvalue weighted by Crippen LogP contribution is -2.26. The van der Waals surface area contributed by atoms with Crippen molar-refractivity contribution >= 4 is 21.4 Å². The van der Waals surface area contributed by atoms with Gasteiger partial charge in [-0.25, -0.2) is 8.42 Å². The van der Waals surface area contributed by atoms with E-state index < -0.39 is 9.84 Å². The molecule has 0 spiro atoms. The van der Waals surface area contributed by atoms with E-state index >= 15 is 0 Å². The van der Waals surface area contributed by atoms with E-state index in [1.54, 1.807) is 60.7 Å². The third-order valence-corrected chi connectivity index (χ3v) is 7.21. The second-order valence-electron chi connectivity index (χ2n) is 8.02. The van der Waals surface area contributed by atoms with Crippen LogP contribution in [0.3, 0.4) is 0 Å². The largest absolute Gasteiger partial charge is 0.489 e. The van der Waals surface area contributed by atoms with Gasteiger partial charge in [-0.05, 0) is 61.2 Å². The molecule has 1 heterocycles. The number of ether oxygens (including phenoxy) is 2. The summed E-state index contributed by atoms with van der Waals surface area (Å²) in [7, 11) is -3.44. The van der Waals surface area contributed by atoms with Crippen LogP contribution in [0.25, 0.3) is 0 Å². The molecule has 0 radical (unpaired) electrons. The highest BCUT2D eigenvalue weighted by atomic mass is 32.2. The molecule has 0 bridgehead atoms. The molecule has 1 aliphatic heterocycles. The predicted molar refractivity (Wildman–Crippen MR) is 127 cm³/mol. The van der Waals surface area contributed by atoms with E-state index in [9.17, 15) is 13.2 Å². The average Bonchev–Trinajstić information content (AvgIpc) is 2.85. The van der Waals surface area contributed by atoms with Crippen molar-refractivity contribution in [3.8, 4) is 5.75 Å². The minimum atomic E-state index is -3.44. The van der Waals surface area contributed by atoms with E-state index in [1.165, 1.54) is 0 Å². The van der Waals surface area contributed by atoms with Crippen molar-refractivity contribution in [2.75, 3.05) is 18.5 Å². The molecular weight excluding hydrogens is 438 g/mol. The van der Waals surface area contributed by atoms with Crippen LogP contribution in [0.2, 0.25) is 0 Å². The summed E-state index contributed by atoms with van der Waals surface area (Å²) in [4.78, 5) is 13.1. The van der Waals surface area contributed by atoms with E-state index in [4.69, 9.17) is 9.47 Å². The summed E-state index contributed by atoms with van der Waals surface area (Å²) in [5, 5.41) is 2.89. The summed E-state index contributed by atoms with van der Waals surface area (Å²) < 4.78 is 36.8. The van der Waals surface area contributed by atoms with Crippen molar-refractivity contribution in [3.05, 3.63) is 90.0 Å². The molecule has 0 aromatic heterocycles. The molecule has 7 heteroatoms. The second kappa shape index (κ2) is 10.6. The topological polar surface area (TPSA) is 81.7 Å². The molecule has 3 aromatic carbocycles. The molecule has 3 aromatic rings. The lowest BCUT2D eigenvalue weighted by molar-refractivity contribution is -0.0109. The zero-order valence-corrected chi connectivity index (χ0v) is 19.1. The molecule has 4 rings (SSSR count). The summed E-state index contributed by atoms with van der Waals surface area (Å²) in [5.41, 5.74) is 1.63. The van der Waals surface area contributed by atoms with Crippen LogP contribution < -0.4 is 10.1 Å². The van der Waals surface area contributed by atoms with Gasteiger partial charge in [0.2, 0.25) is 0 Å². The van der Waals surface area contributed by atoms with E-state index in [2.05, 4.69) is 5.32 Å². The van der Waals surface area contributed by atoms with Crippen LogP contribution in [-0.4, -0.2) is 33.6 Å². The third kappa shape index (κ3) is 6.21. The number of para-hydroxylation sites is 2. The Kier molecular flexibility index (Phi) is 7.42. The molecule has 1 N–H and O–H groups in total. The van der Waals surface area contributed by atoms with Gasteiger partial charge in [-0.1, -0.05) is 42.5 Å². The Morgan fingerprint density at radius 1 is 0.939 bits per heavy atom. The third-order valence-electron chi connectivity index (χ3n) is 5.51. The molecule has 1 unspecified atom stereocenters. The fourth-order valence-electron chi connectivity index (χ4n) is 3.69. The normalized spacial score (nSPS) is 16.2. The first-order valence-electron chi connectivity index (χ1n) is 11.0. The molecular formula is C26H27NO5S. The van der Waals surface area contributed by atoms with Crippen LogP contribution >= 0.6 is 0 Å². The molecule has 172 valence electrons. The number of hydrogen-bond donors (Lipinski definition) is 1. The highest BCUT2D eigenvalue weighted by Gasteiger charge is 2.17. The SMILES string of the molecule is O=C(Nc1ccccc1OCC1CCCCO1)c1ccc(CS(=O)(=O)c2ccccc2)cc1. The van der Waals surface area contributed by atoms with E-state index in [0.29, 0.717) is 29.2 Å². The van der Waals surface area contributed by atoms with Gasteiger partial charge in [0.1, 0.15) is 12.4 Å². The van der Waals surface area contributed by atoms with Gasteiger partial charge in [-0.3, -0.25) is 4.79 Å². The van der Waals surface area contributed by atoms with Gasteiger partial charge < -0.3 is 14.8 Å². The fourth-order valence-corrected chi connectivity index (χ4v) is 5.06. The number of sulfone groups is 1. The van der Waals surface area contributed by atoms with Gasteiger partial charge in [0.25, 0.3) is 5.91 Å². The molecule has 0 aliphatic carbocycles. The van der Waals surface area contributed by atoms with Gasteiger partial charge in [0, 0.05) is 12.2 Å². The molecule has 1 amide bonds. The van der Waals surface area contributed by atoms with E-state index in [1.807, 2.05) is 18.2 Å². The number of hydrogen-bond acceptors (Lipinski definition) is 5. The maximum Gasteiger partial charge on any atom is 0.255 e. The maximum atomic E-state index is 12.8. The average molecular weight is 466 g/mol. The van der Waals surface area contributed by atoms with Crippen molar-refractivity contribution in [1.82, 2.24) is 0 Å². The quantitative estimate of drug-likeness (QED) is 0.514. The lowest BCUT2D eigenvalue weighted by atomic mass is 10.1. The molecule has 6 nitrogen and oxygen atoms in total. The van der Waals surface area contributed by atoms with E-state index in [-0.39, 0.29) is 22.7 Å². The monoisotopic (exact) mass is 465 g/mol. The van der Waals surface area contributed by atoms with Crippen molar-refractivity contribution in [2.45, 2.75) is 36.0 Å². The molecule has 0 saturated carbocycles. The number of nitrogens with one attached hydrogen (secondary N) is 1. The zero-order valence-electron chi connectivity index (χ0n) is 18.3. The van der Waals surface area contributed by atoms with Crippen LogP contribution in [0.5, 0.6) is 5.75 Å².